The number of H-pyrrole nitrogens is 1. The number of aliphatic hydroxyl groups is 1. The van der Waals surface area contributed by atoms with Crippen LogP contribution in [0, 0.1) is 0 Å². The van der Waals surface area contributed by atoms with Gasteiger partial charge >= 0.3 is 11.8 Å². The summed E-state index contributed by atoms with van der Waals surface area (Å²) < 4.78 is 18.3. The van der Waals surface area contributed by atoms with Gasteiger partial charge in [-0.25, -0.2) is 9.59 Å². The number of amides is 1. The molecular formula is C21H29N5O7. The Hall–Kier alpha value is -2.99. The maximum Gasteiger partial charge on any atom is 0.407 e. The Morgan fingerprint density at radius 1 is 1.33 bits per heavy atom. The molecule has 5 rings (SSSR count). The van der Waals surface area contributed by atoms with Crippen molar-refractivity contribution in [3.05, 3.63) is 32.9 Å². The van der Waals surface area contributed by atoms with E-state index < -0.39 is 39.6 Å². The number of ether oxygens (including phenoxy) is 2. The number of nitrogens with zero attached hydrogens (tertiary/aromatic N) is 3. The lowest BCUT2D eigenvalue weighted by atomic mass is 9.56. The van der Waals surface area contributed by atoms with Crippen LogP contribution in [-0.4, -0.2) is 60.8 Å². The first kappa shape index (κ1) is 23.2. The molecule has 3 N–H and O–H groups in total. The highest BCUT2D eigenvalue weighted by Crippen LogP contribution is 2.66. The Kier molecular flexibility index (Phi) is 5.28. The van der Waals surface area contributed by atoms with E-state index in [2.05, 4.69) is 20.4 Å². The van der Waals surface area contributed by atoms with Gasteiger partial charge in [0, 0.05) is 6.20 Å². The molecule has 1 saturated carbocycles. The highest BCUT2D eigenvalue weighted by atomic mass is 16.6. The monoisotopic (exact) mass is 463 g/mol. The summed E-state index contributed by atoms with van der Waals surface area (Å²) in [6.45, 7) is 9.26. The third-order valence-electron chi connectivity index (χ3n) is 6.25. The van der Waals surface area contributed by atoms with Crippen molar-refractivity contribution in [3.8, 4) is 11.4 Å². The highest BCUT2D eigenvalue weighted by molar-refractivity contribution is 5.68. The minimum Gasteiger partial charge on any atom is -0.444 e. The van der Waals surface area contributed by atoms with Gasteiger partial charge in [0.05, 0.1) is 36.3 Å². The Morgan fingerprint density at radius 3 is 2.67 bits per heavy atom. The van der Waals surface area contributed by atoms with Gasteiger partial charge < -0.3 is 24.4 Å². The van der Waals surface area contributed by atoms with E-state index in [9.17, 15) is 14.4 Å². The lowest BCUT2D eigenvalue weighted by Gasteiger charge is -2.44. The van der Waals surface area contributed by atoms with E-state index in [-0.39, 0.29) is 31.1 Å². The summed E-state index contributed by atoms with van der Waals surface area (Å²) in [4.78, 5) is 42.9. The van der Waals surface area contributed by atoms with Crippen LogP contribution in [0.2, 0.25) is 0 Å². The number of carbonyl (C=O) groups excluding carboxylic acids is 1. The summed E-state index contributed by atoms with van der Waals surface area (Å²) in [5.41, 5.74) is -3.64. The average Bonchev–Trinajstić information content (AvgIpc) is 3.28. The largest absolute Gasteiger partial charge is 0.444 e. The van der Waals surface area contributed by atoms with Crippen molar-refractivity contribution in [2.24, 2.45) is 0 Å². The maximum atomic E-state index is 12.3. The number of alkyl carbamates (subject to hydrolysis) is 1. The predicted octanol–water partition coefficient (Wildman–Crippen LogP) is 0.683. The Bertz CT molecular complexity index is 1180. The molecule has 2 aliphatic heterocycles. The van der Waals surface area contributed by atoms with Crippen molar-refractivity contribution < 1.29 is 23.9 Å². The lowest BCUT2D eigenvalue weighted by molar-refractivity contribution is -0.0547. The molecule has 180 valence electrons. The van der Waals surface area contributed by atoms with Crippen LogP contribution in [0.3, 0.4) is 0 Å². The van der Waals surface area contributed by atoms with E-state index in [0.717, 1.165) is 0 Å². The summed E-state index contributed by atoms with van der Waals surface area (Å²) in [5, 5.41) is 15.9. The first-order valence-electron chi connectivity index (χ1n) is 10.8. The minimum absolute atomic E-state index is 0.0191. The van der Waals surface area contributed by atoms with Crippen LogP contribution in [0.4, 0.5) is 4.79 Å². The molecule has 0 aromatic carbocycles. The Morgan fingerprint density at radius 2 is 2.03 bits per heavy atom. The van der Waals surface area contributed by atoms with Crippen molar-refractivity contribution >= 4 is 6.09 Å². The average molecular weight is 463 g/mol. The van der Waals surface area contributed by atoms with Crippen molar-refractivity contribution in [3.63, 3.8) is 0 Å². The number of hydrogen-bond donors (Lipinski definition) is 3. The van der Waals surface area contributed by atoms with Crippen LogP contribution in [0.25, 0.3) is 11.4 Å². The third kappa shape index (κ3) is 3.97. The summed E-state index contributed by atoms with van der Waals surface area (Å²) in [6, 6.07) is 0. The van der Waals surface area contributed by atoms with E-state index >= 15 is 0 Å². The molecule has 12 heteroatoms. The summed E-state index contributed by atoms with van der Waals surface area (Å²) in [7, 11) is 0. The van der Waals surface area contributed by atoms with E-state index in [1.807, 2.05) is 13.8 Å². The van der Waals surface area contributed by atoms with Crippen molar-refractivity contribution in [1.82, 2.24) is 25.0 Å². The topological polar surface area (TPSA) is 162 Å². The number of fused-ring (bicyclic) bond motifs is 1. The summed E-state index contributed by atoms with van der Waals surface area (Å²) in [5.74, 6) is 0.367. The number of rotatable bonds is 6. The molecule has 2 saturated heterocycles. The van der Waals surface area contributed by atoms with Gasteiger partial charge in [0.15, 0.2) is 0 Å². The summed E-state index contributed by atoms with van der Waals surface area (Å²) >= 11 is 0. The van der Waals surface area contributed by atoms with Gasteiger partial charge in [-0.05, 0) is 47.5 Å². The van der Waals surface area contributed by atoms with Gasteiger partial charge in [-0.1, -0.05) is 5.16 Å². The number of nitrogens with one attached hydrogen (secondary N) is 2. The second-order valence-electron chi connectivity index (χ2n) is 10.2. The second kappa shape index (κ2) is 7.52. The van der Waals surface area contributed by atoms with E-state index in [1.165, 1.54) is 10.8 Å². The van der Waals surface area contributed by atoms with Gasteiger partial charge in [-0.2, -0.15) is 4.98 Å². The van der Waals surface area contributed by atoms with Crippen LogP contribution in [0.1, 0.15) is 53.4 Å². The number of hydrogen-bond acceptors (Lipinski definition) is 9. The van der Waals surface area contributed by atoms with Crippen LogP contribution in [-0.2, 0) is 21.4 Å². The molecule has 0 spiro atoms. The lowest BCUT2D eigenvalue weighted by Crippen LogP contribution is -2.55. The van der Waals surface area contributed by atoms with Gasteiger partial charge in [-0.3, -0.25) is 14.3 Å². The third-order valence-corrected chi connectivity index (χ3v) is 6.25. The number of aliphatic hydroxyl groups excluding tert-OH is 1. The van der Waals surface area contributed by atoms with Gasteiger partial charge in [0.1, 0.15) is 11.2 Å². The van der Waals surface area contributed by atoms with Gasteiger partial charge in [-0.15, -0.1) is 0 Å². The molecule has 3 aliphatic rings. The molecule has 2 aromatic heterocycles. The molecule has 1 aliphatic carbocycles. The predicted molar refractivity (Wildman–Crippen MR) is 115 cm³/mol. The van der Waals surface area contributed by atoms with Gasteiger partial charge in [0.25, 0.3) is 5.56 Å². The van der Waals surface area contributed by atoms with Crippen LogP contribution in [0.5, 0.6) is 0 Å². The SMILES string of the molecule is CC(C)(C)OC(=O)NCC12CC(c3nc(-c4cn(CCO)c(=O)[nH]c4=O)no3)(C1)C(C)(C)O2. The normalized spacial score (nSPS) is 25.5. The van der Waals surface area contributed by atoms with Crippen LogP contribution < -0.4 is 16.6 Å². The molecule has 2 bridgehead atoms. The van der Waals surface area contributed by atoms with E-state index in [1.54, 1.807) is 20.8 Å². The number of carbonyl (C=O) groups is 1. The second-order valence-corrected chi connectivity index (χ2v) is 10.2. The fourth-order valence-corrected chi connectivity index (χ4v) is 4.77. The molecular weight excluding hydrogens is 434 g/mol. The molecule has 33 heavy (non-hydrogen) atoms. The highest BCUT2D eigenvalue weighted by Gasteiger charge is 2.74. The molecule has 12 nitrogen and oxygen atoms in total. The number of aromatic amines is 1. The van der Waals surface area contributed by atoms with Gasteiger partial charge in [0.2, 0.25) is 11.7 Å². The zero-order chi connectivity index (χ0) is 24.2. The first-order valence-corrected chi connectivity index (χ1v) is 10.8. The van der Waals surface area contributed by atoms with Crippen molar-refractivity contribution in [2.45, 2.75) is 76.2 Å². The zero-order valence-electron chi connectivity index (χ0n) is 19.4. The van der Waals surface area contributed by atoms with E-state index in [4.69, 9.17) is 19.1 Å². The molecule has 0 atom stereocenters. The smallest absolute Gasteiger partial charge is 0.407 e. The maximum absolute atomic E-state index is 12.3. The number of aromatic nitrogens is 4. The Balaban J connectivity index is 1.55. The zero-order valence-corrected chi connectivity index (χ0v) is 19.4. The van der Waals surface area contributed by atoms with Crippen LogP contribution in [0.15, 0.2) is 20.3 Å². The Labute approximate surface area is 189 Å². The fraction of sp³-hybridized carbons (Fsp3) is 0.667. The quantitative estimate of drug-likeness (QED) is 0.559. The molecule has 4 heterocycles. The molecule has 0 radical (unpaired) electrons. The molecule has 0 unspecified atom stereocenters. The molecule has 3 fully saturated rings. The van der Waals surface area contributed by atoms with Crippen LogP contribution >= 0.6 is 0 Å². The van der Waals surface area contributed by atoms with E-state index in [0.29, 0.717) is 18.7 Å². The molecule has 1 amide bonds. The first-order chi connectivity index (χ1) is 15.3. The minimum atomic E-state index is -0.658. The van der Waals surface area contributed by atoms with Crippen molar-refractivity contribution in [2.75, 3.05) is 13.2 Å². The summed E-state index contributed by atoms with van der Waals surface area (Å²) in [6.07, 6.45) is 1.88. The fourth-order valence-electron chi connectivity index (χ4n) is 4.77. The van der Waals surface area contributed by atoms with Crippen molar-refractivity contribution in [1.29, 1.82) is 0 Å². The standard InChI is InChI=1S/C21H29N5O7/c1-18(2,3)31-17(30)22-11-20-9-21(10-20,19(4,5)33-20)15-23-13(25-32-15)12-8-26(6-7-27)16(29)24-14(12)28/h8,27H,6-7,9-11H2,1-5H3,(H,22,30)(H,24,28,29). The molecule has 2 aromatic rings.